The van der Waals surface area contributed by atoms with E-state index in [9.17, 15) is 0 Å². The molecule has 3 aromatic rings. The normalized spacial score (nSPS) is 17.2. The number of nitrogens with one attached hydrogen (secondary N) is 3. The highest BCUT2D eigenvalue weighted by Crippen LogP contribution is 2.35. The third kappa shape index (κ3) is 5.41. The van der Waals surface area contributed by atoms with Gasteiger partial charge in [-0.15, -0.1) is 0 Å². The summed E-state index contributed by atoms with van der Waals surface area (Å²) >= 11 is 0. The van der Waals surface area contributed by atoms with Gasteiger partial charge in [-0.1, -0.05) is 49.0 Å². The molecule has 1 aliphatic heterocycles. The number of hydrogen-bond donors (Lipinski definition) is 4. The smallest absolute Gasteiger partial charge is 0.130 e. The van der Waals surface area contributed by atoms with Gasteiger partial charge in [0.25, 0.3) is 0 Å². The average Bonchev–Trinajstić information content (AvgIpc) is 2.84. The minimum absolute atomic E-state index is 0.0828. The van der Waals surface area contributed by atoms with Crippen LogP contribution >= 0.6 is 0 Å². The summed E-state index contributed by atoms with van der Waals surface area (Å²) in [7, 11) is 4.15. The van der Waals surface area contributed by atoms with Gasteiger partial charge >= 0.3 is 0 Å². The van der Waals surface area contributed by atoms with Gasteiger partial charge in [-0.2, -0.15) is 0 Å². The summed E-state index contributed by atoms with van der Waals surface area (Å²) in [6.07, 6.45) is 4.21. The molecule has 178 valence electrons. The van der Waals surface area contributed by atoms with Crippen LogP contribution in [0.15, 0.2) is 67.4 Å². The molecule has 1 aliphatic rings. The SMILES string of the molecule is C=C(Nc1ccccc1)c1ccc(C(NC)c2c(N)ncc(C)c2N[C@@H]2CCCN(C)C2)cc1. The maximum Gasteiger partial charge on any atom is 0.130 e. The molecular formula is C28H36N6. The van der Waals surface area contributed by atoms with Crippen molar-refractivity contribution in [2.24, 2.45) is 0 Å². The predicted molar refractivity (Wildman–Crippen MR) is 144 cm³/mol. The fourth-order valence-corrected chi connectivity index (χ4v) is 4.74. The molecule has 0 aliphatic carbocycles. The van der Waals surface area contributed by atoms with Gasteiger partial charge in [0, 0.05) is 41.4 Å². The van der Waals surface area contributed by atoms with E-state index in [2.05, 4.69) is 70.7 Å². The molecule has 1 fully saturated rings. The zero-order chi connectivity index (χ0) is 24.1. The van der Waals surface area contributed by atoms with E-state index < -0.39 is 0 Å². The summed E-state index contributed by atoms with van der Waals surface area (Å²) in [5.41, 5.74) is 13.7. The molecule has 1 unspecified atom stereocenters. The summed E-state index contributed by atoms with van der Waals surface area (Å²) in [5, 5.41) is 10.6. The number of likely N-dealkylation sites (N-methyl/N-ethyl adjacent to an activating group) is 1. The average molecular weight is 457 g/mol. The quantitative estimate of drug-likeness (QED) is 0.387. The Balaban J connectivity index is 1.59. The van der Waals surface area contributed by atoms with E-state index in [0.717, 1.165) is 58.8 Å². The molecule has 34 heavy (non-hydrogen) atoms. The predicted octanol–water partition coefficient (Wildman–Crippen LogP) is 4.87. The number of aromatic nitrogens is 1. The van der Waals surface area contributed by atoms with Gasteiger partial charge in [0.2, 0.25) is 0 Å². The molecule has 1 aromatic heterocycles. The highest BCUT2D eigenvalue weighted by molar-refractivity contribution is 5.75. The first-order chi connectivity index (χ1) is 16.5. The first-order valence-corrected chi connectivity index (χ1v) is 11.9. The van der Waals surface area contributed by atoms with Gasteiger partial charge < -0.3 is 26.6 Å². The van der Waals surface area contributed by atoms with E-state index in [0.29, 0.717) is 11.9 Å². The number of piperidine rings is 1. The van der Waals surface area contributed by atoms with Gasteiger partial charge in [-0.3, -0.25) is 0 Å². The summed E-state index contributed by atoms with van der Waals surface area (Å²) in [5.74, 6) is 0.552. The van der Waals surface area contributed by atoms with Crippen molar-refractivity contribution in [3.63, 3.8) is 0 Å². The van der Waals surface area contributed by atoms with Crippen LogP contribution in [0.4, 0.5) is 17.2 Å². The summed E-state index contributed by atoms with van der Waals surface area (Å²) < 4.78 is 0. The lowest BCUT2D eigenvalue weighted by molar-refractivity contribution is 0.261. The van der Waals surface area contributed by atoms with Crippen molar-refractivity contribution in [3.05, 3.63) is 89.6 Å². The number of likely N-dealkylation sites (tertiary alicyclic amines) is 1. The second-order valence-electron chi connectivity index (χ2n) is 9.17. The van der Waals surface area contributed by atoms with Crippen LogP contribution in [0.2, 0.25) is 0 Å². The van der Waals surface area contributed by atoms with Gasteiger partial charge in [0.15, 0.2) is 0 Å². The first-order valence-electron chi connectivity index (χ1n) is 11.9. The van der Waals surface area contributed by atoms with E-state index in [1.54, 1.807) is 0 Å². The Kier molecular flexibility index (Phi) is 7.50. The molecule has 2 atom stereocenters. The van der Waals surface area contributed by atoms with Crippen molar-refractivity contribution in [2.75, 3.05) is 43.6 Å². The van der Waals surface area contributed by atoms with Crippen LogP contribution in [-0.4, -0.2) is 43.1 Å². The lowest BCUT2D eigenvalue weighted by Crippen LogP contribution is -2.40. The van der Waals surface area contributed by atoms with Crippen molar-refractivity contribution < 1.29 is 0 Å². The standard InChI is InChI=1S/C28H36N6/c1-19-17-31-28(29)25(26(19)33-24-11-8-16-34(4)18-24)27(30-3)22-14-12-21(13-15-22)20(2)32-23-9-6-5-7-10-23/h5-7,9-10,12-15,17,24,27,30,32H,2,8,11,16,18H2,1,3-4H3,(H3,29,31,33)/t24-,27?/m1/s1. The van der Waals surface area contributed by atoms with Crippen molar-refractivity contribution in [3.8, 4) is 0 Å². The Labute approximate surface area is 203 Å². The van der Waals surface area contributed by atoms with Crippen LogP contribution in [-0.2, 0) is 0 Å². The zero-order valence-electron chi connectivity index (χ0n) is 20.4. The lowest BCUT2D eigenvalue weighted by Gasteiger charge is -2.33. The maximum atomic E-state index is 6.47. The van der Waals surface area contributed by atoms with Crippen LogP contribution < -0.4 is 21.7 Å². The number of nitrogens with zero attached hydrogens (tertiary/aromatic N) is 2. The van der Waals surface area contributed by atoms with Gasteiger partial charge in [0.1, 0.15) is 5.82 Å². The van der Waals surface area contributed by atoms with E-state index >= 15 is 0 Å². The van der Waals surface area contributed by atoms with Gasteiger partial charge in [0.05, 0.1) is 6.04 Å². The second-order valence-corrected chi connectivity index (χ2v) is 9.17. The Morgan fingerprint density at radius 3 is 2.56 bits per heavy atom. The Morgan fingerprint density at radius 1 is 1.15 bits per heavy atom. The van der Waals surface area contributed by atoms with E-state index in [1.165, 1.54) is 6.42 Å². The molecule has 2 heterocycles. The molecule has 2 aromatic carbocycles. The molecule has 1 saturated heterocycles. The minimum Gasteiger partial charge on any atom is -0.383 e. The van der Waals surface area contributed by atoms with Gasteiger partial charge in [-0.25, -0.2) is 4.98 Å². The zero-order valence-corrected chi connectivity index (χ0v) is 20.4. The topological polar surface area (TPSA) is 78.2 Å². The van der Waals surface area contributed by atoms with Crippen LogP contribution in [0.3, 0.4) is 0 Å². The van der Waals surface area contributed by atoms with Crippen molar-refractivity contribution in [1.29, 1.82) is 0 Å². The second kappa shape index (κ2) is 10.7. The molecular weight excluding hydrogens is 420 g/mol. The molecule has 5 N–H and O–H groups in total. The number of nitrogens with two attached hydrogens (primary N) is 1. The largest absolute Gasteiger partial charge is 0.383 e. The van der Waals surface area contributed by atoms with E-state index in [1.807, 2.05) is 43.6 Å². The molecule has 0 spiro atoms. The number of rotatable bonds is 8. The van der Waals surface area contributed by atoms with Crippen molar-refractivity contribution >= 4 is 22.9 Å². The highest BCUT2D eigenvalue weighted by Gasteiger charge is 2.25. The van der Waals surface area contributed by atoms with Crippen LogP contribution in [0.5, 0.6) is 0 Å². The molecule has 4 rings (SSSR count). The molecule has 6 heteroatoms. The fraction of sp³-hybridized carbons (Fsp3) is 0.321. The lowest BCUT2D eigenvalue weighted by atomic mass is 9.94. The maximum absolute atomic E-state index is 6.47. The molecule has 0 saturated carbocycles. The van der Waals surface area contributed by atoms with E-state index in [4.69, 9.17) is 5.73 Å². The summed E-state index contributed by atoms with van der Waals surface area (Å²) in [4.78, 5) is 6.88. The molecule has 0 amide bonds. The van der Waals surface area contributed by atoms with Crippen molar-refractivity contribution in [1.82, 2.24) is 15.2 Å². The van der Waals surface area contributed by atoms with Gasteiger partial charge in [-0.05, 0) is 69.2 Å². The first kappa shape index (κ1) is 23.8. The van der Waals surface area contributed by atoms with Crippen LogP contribution in [0.1, 0.15) is 41.1 Å². The molecule has 0 bridgehead atoms. The third-order valence-corrected chi connectivity index (χ3v) is 6.55. The monoisotopic (exact) mass is 456 g/mol. The minimum atomic E-state index is -0.0828. The van der Waals surface area contributed by atoms with Crippen LogP contribution in [0.25, 0.3) is 5.70 Å². The number of hydrogen-bond acceptors (Lipinski definition) is 6. The number of anilines is 3. The number of para-hydroxylation sites is 1. The van der Waals surface area contributed by atoms with E-state index in [-0.39, 0.29) is 6.04 Å². The number of nitrogen functional groups attached to an aromatic ring is 1. The Morgan fingerprint density at radius 2 is 1.88 bits per heavy atom. The summed E-state index contributed by atoms with van der Waals surface area (Å²) in [6, 6.07) is 18.9. The number of aryl methyl sites for hydroxylation is 1. The number of pyridine rings is 1. The molecule has 0 radical (unpaired) electrons. The van der Waals surface area contributed by atoms with Crippen LogP contribution in [0, 0.1) is 6.92 Å². The fourth-order valence-electron chi connectivity index (χ4n) is 4.74. The number of benzene rings is 2. The Bertz CT molecular complexity index is 1110. The Hall–Kier alpha value is -3.35. The third-order valence-electron chi connectivity index (χ3n) is 6.55. The summed E-state index contributed by atoms with van der Waals surface area (Å²) in [6.45, 7) is 8.49. The van der Waals surface area contributed by atoms with Crippen molar-refractivity contribution in [2.45, 2.75) is 31.8 Å². The highest BCUT2D eigenvalue weighted by atomic mass is 15.1. The molecule has 6 nitrogen and oxygen atoms in total.